The summed E-state index contributed by atoms with van der Waals surface area (Å²) in [6, 6.07) is 9.89. The van der Waals surface area contributed by atoms with Gasteiger partial charge in [-0.2, -0.15) is 18.3 Å². The molecule has 4 aromatic rings. The number of halogens is 3. The smallest absolute Gasteiger partial charge is 0.292 e. The molecule has 0 aliphatic heterocycles. The van der Waals surface area contributed by atoms with Crippen molar-refractivity contribution in [3.8, 4) is 5.69 Å². The second kappa shape index (κ2) is 5.59. The Kier molecular flexibility index (Phi) is 3.64. The second-order valence-electron chi connectivity index (χ2n) is 6.44. The molecule has 0 amide bonds. The van der Waals surface area contributed by atoms with Gasteiger partial charge in [-0.1, -0.05) is 0 Å². The van der Waals surface area contributed by atoms with Gasteiger partial charge in [0.05, 0.1) is 20.8 Å². The molecule has 0 aliphatic rings. The number of nitrogens with zero attached hydrogens (tertiary/aromatic N) is 3. The van der Waals surface area contributed by atoms with E-state index in [0.29, 0.717) is 16.2 Å². The highest BCUT2D eigenvalue weighted by Crippen LogP contribution is 2.34. The lowest BCUT2D eigenvalue weighted by Crippen LogP contribution is -2.05. The third-order valence-corrected chi connectivity index (χ3v) is 5.58. The van der Waals surface area contributed by atoms with E-state index in [2.05, 4.69) is 5.10 Å². The SMILES string of the molecule is Cn1cc2c3cc(S(C)(=N)=O)ccc3n(-c3ccc(C(F)(F)F)cc3)c2n1. The zero-order valence-electron chi connectivity index (χ0n) is 14.4. The van der Waals surface area contributed by atoms with E-state index in [4.69, 9.17) is 4.78 Å². The van der Waals surface area contributed by atoms with Crippen LogP contribution in [0.5, 0.6) is 0 Å². The fourth-order valence-corrected chi connectivity index (χ4v) is 3.85. The summed E-state index contributed by atoms with van der Waals surface area (Å²) in [5.41, 5.74) is 1.12. The van der Waals surface area contributed by atoms with E-state index in [1.54, 1.807) is 40.7 Å². The summed E-state index contributed by atoms with van der Waals surface area (Å²) in [5, 5.41) is 5.95. The molecule has 9 heteroatoms. The molecule has 0 fully saturated rings. The molecule has 140 valence electrons. The zero-order chi connectivity index (χ0) is 19.6. The van der Waals surface area contributed by atoms with E-state index >= 15 is 0 Å². The molecule has 5 nitrogen and oxygen atoms in total. The maximum atomic E-state index is 12.9. The van der Waals surface area contributed by atoms with Crippen LogP contribution in [0.3, 0.4) is 0 Å². The summed E-state index contributed by atoms with van der Waals surface area (Å²) < 4.78 is 61.9. The van der Waals surface area contributed by atoms with Crippen molar-refractivity contribution in [3.05, 3.63) is 54.2 Å². The van der Waals surface area contributed by atoms with Crippen molar-refractivity contribution in [1.29, 1.82) is 4.78 Å². The Morgan fingerprint density at radius 2 is 1.74 bits per heavy atom. The topological polar surface area (TPSA) is 63.7 Å². The summed E-state index contributed by atoms with van der Waals surface area (Å²) in [4.78, 5) is 0.394. The van der Waals surface area contributed by atoms with Crippen molar-refractivity contribution in [2.45, 2.75) is 11.1 Å². The third-order valence-electron chi connectivity index (χ3n) is 4.42. The minimum atomic E-state index is -4.40. The molecule has 0 bridgehead atoms. The van der Waals surface area contributed by atoms with E-state index in [-0.39, 0.29) is 0 Å². The minimum Gasteiger partial charge on any atom is -0.292 e. The van der Waals surface area contributed by atoms with Crippen LogP contribution in [0.1, 0.15) is 5.56 Å². The highest BCUT2D eigenvalue weighted by molar-refractivity contribution is 7.91. The monoisotopic (exact) mass is 392 g/mol. The Morgan fingerprint density at radius 1 is 1.07 bits per heavy atom. The first-order chi connectivity index (χ1) is 12.6. The molecule has 1 N–H and O–H groups in total. The van der Waals surface area contributed by atoms with Gasteiger partial charge >= 0.3 is 6.18 Å². The number of aromatic nitrogens is 3. The van der Waals surface area contributed by atoms with Gasteiger partial charge in [0, 0.05) is 40.9 Å². The maximum Gasteiger partial charge on any atom is 0.416 e. The van der Waals surface area contributed by atoms with Crippen LogP contribution in [0.15, 0.2) is 53.6 Å². The number of hydrogen-bond donors (Lipinski definition) is 1. The van der Waals surface area contributed by atoms with Crippen LogP contribution in [-0.4, -0.2) is 24.8 Å². The van der Waals surface area contributed by atoms with Crippen LogP contribution in [0.4, 0.5) is 13.2 Å². The van der Waals surface area contributed by atoms with Crippen LogP contribution in [0.2, 0.25) is 0 Å². The van der Waals surface area contributed by atoms with Gasteiger partial charge in [0.15, 0.2) is 5.65 Å². The summed E-state index contributed by atoms with van der Waals surface area (Å²) in [5.74, 6) is 0. The van der Waals surface area contributed by atoms with Crippen LogP contribution < -0.4 is 0 Å². The average molecular weight is 392 g/mol. The molecule has 2 aromatic carbocycles. The quantitative estimate of drug-likeness (QED) is 0.543. The normalized spacial score (nSPS) is 14.7. The Hall–Kier alpha value is -2.81. The number of fused-ring (bicyclic) bond motifs is 3. The molecule has 0 aliphatic carbocycles. The standard InChI is InChI=1S/C18H15F3N4OS/c1-24-10-15-14-9-13(27(2,22)26)7-8-16(14)25(17(15)23-24)12-5-3-11(4-6-12)18(19,20)21/h3-10,22H,1-2H3. The number of rotatable bonds is 2. The summed E-state index contributed by atoms with van der Waals surface area (Å²) in [6.07, 6.45) is -1.26. The van der Waals surface area contributed by atoms with Gasteiger partial charge in [0.1, 0.15) is 0 Å². The highest BCUT2D eigenvalue weighted by atomic mass is 32.2. The summed E-state index contributed by atoms with van der Waals surface area (Å²) >= 11 is 0. The van der Waals surface area contributed by atoms with E-state index in [1.807, 2.05) is 0 Å². The summed E-state index contributed by atoms with van der Waals surface area (Å²) in [7, 11) is -1.14. The Morgan fingerprint density at radius 3 is 2.33 bits per heavy atom. The average Bonchev–Trinajstić information content (AvgIpc) is 3.07. The highest BCUT2D eigenvalue weighted by Gasteiger charge is 2.30. The lowest BCUT2D eigenvalue weighted by Gasteiger charge is -2.10. The van der Waals surface area contributed by atoms with Crippen LogP contribution in [0, 0.1) is 4.78 Å². The molecule has 1 atom stereocenters. The third kappa shape index (κ3) is 2.87. The van der Waals surface area contributed by atoms with E-state index in [1.165, 1.54) is 18.4 Å². The van der Waals surface area contributed by atoms with Crippen molar-refractivity contribution in [1.82, 2.24) is 14.3 Å². The van der Waals surface area contributed by atoms with E-state index in [0.717, 1.165) is 28.4 Å². The fraction of sp³-hybridized carbons (Fsp3) is 0.167. The molecule has 0 spiro atoms. The molecule has 2 aromatic heterocycles. The number of nitrogens with one attached hydrogen (secondary N) is 1. The Bertz CT molecular complexity index is 1280. The van der Waals surface area contributed by atoms with Gasteiger partial charge in [0.25, 0.3) is 0 Å². The number of benzene rings is 2. The maximum absolute atomic E-state index is 12.9. The summed E-state index contributed by atoms with van der Waals surface area (Å²) in [6.45, 7) is 0. The van der Waals surface area contributed by atoms with Crippen LogP contribution in [-0.2, 0) is 23.0 Å². The molecule has 4 rings (SSSR count). The van der Waals surface area contributed by atoms with Gasteiger partial charge in [-0.05, 0) is 42.5 Å². The van der Waals surface area contributed by atoms with Crippen LogP contribution in [0.25, 0.3) is 27.6 Å². The predicted octanol–water partition coefficient (Wildman–Crippen LogP) is 4.57. The Labute approximate surface area is 153 Å². The van der Waals surface area contributed by atoms with Crippen molar-refractivity contribution in [2.24, 2.45) is 7.05 Å². The molecule has 0 saturated carbocycles. The second-order valence-corrected chi connectivity index (χ2v) is 8.60. The van der Waals surface area contributed by atoms with Crippen molar-refractivity contribution >= 4 is 31.7 Å². The largest absolute Gasteiger partial charge is 0.416 e. The first kappa shape index (κ1) is 17.6. The molecule has 1 unspecified atom stereocenters. The van der Waals surface area contributed by atoms with Crippen molar-refractivity contribution in [2.75, 3.05) is 6.26 Å². The lowest BCUT2D eigenvalue weighted by molar-refractivity contribution is -0.137. The zero-order valence-corrected chi connectivity index (χ0v) is 15.2. The first-order valence-electron chi connectivity index (χ1n) is 7.95. The van der Waals surface area contributed by atoms with E-state index < -0.39 is 21.5 Å². The van der Waals surface area contributed by atoms with E-state index in [9.17, 15) is 17.4 Å². The van der Waals surface area contributed by atoms with Gasteiger partial charge in [-0.15, -0.1) is 0 Å². The Balaban J connectivity index is 2.01. The first-order valence-corrected chi connectivity index (χ1v) is 9.91. The molecular weight excluding hydrogens is 377 g/mol. The van der Waals surface area contributed by atoms with Crippen molar-refractivity contribution < 1.29 is 17.4 Å². The van der Waals surface area contributed by atoms with Crippen molar-refractivity contribution in [3.63, 3.8) is 0 Å². The fourth-order valence-electron chi connectivity index (χ4n) is 3.17. The molecule has 27 heavy (non-hydrogen) atoms. The minimum absolute atomic E-state index is 0.394. The number of hydrogen-bond acceptors (Lipinski definition) is 3. The molecule has 0 radical (unpaired) electrons. The molecule has 2 heterocycles. The van der Waals surface area contributed by atoms with Crippen LogP contribution >= 0.6 is 0 Å². The van der Waals surface area contributed by atoms with Gasteiger partial charge < -0.3 is 0 Å². The predicted molar refractivity (Wildman–Crippen MR) is 97.6 cm³/mol. The number of alkyl halides is 3. The van der Waals surface area contributed by atoms with Gasteiger partial charge in [-0.25, -0.2) is 8.99 Å². The van der Waals surface area contributed by atoms with Gasteiger partial charge in [-0.3, -0.25) is 9.25 Å². The molecule has 0 saturated heterocycles. The molecular formula is C18H15F3N4OS. The van der Waals surface area contributed by atoms with Gasteiger partial charge in [0.2, 0.25) is 0 Å². The lowest BCUT2D eigenvalue weighted by atomic mass is 10.2. The number of aryl methyl sites for hydroxylation is 1.